The van der Waals surface area contributed by atoms with Crippen LogP contribution in [0.3, 0.4) is 0 Å². The first-order valence-electron chi connectivity index (χ1n) is 11.0. The lowest BCUT2D eigenvalue weighted by atomic mass is 10.1. The number of carbonyl (C=O) groups excluding carboxylic acids is 1. The highest BCUT2D eigenvalue weighted by atomic mass is 35.5. The predicted octanol–water partition coefficient (Wildman–Crippen LogP) is 4.81. The summed E-state index contributed by atoms with van der Waals surface area (Å²) in [6, 6.07) is 18.9. The number of piperazine rings is 1. The number of amides is 1. The first-order chi connectivity index (χ1) is 17.0. The molecule has 0 unspecified atom stereocenters. The van der Waals surface area contributed by atoms with Crippen LogP contribution < -0.4 is 4.90 Å². The van der Waals surface area contributed by atoms with E-state index in [2.05, 4.69) is 16.2 Å². The fraction of sp³-hybridized carbons (Fsp3) is 0.160. The van der Waals surface area contributed by atoms with Crippen molar-refractivity contribution in [2.24, 2.45) is 0 Å². The molecule has 0 bridgehead atoms. The largest absolute Gasteiger partial charge is 0.336 e. The second kappa shape index (κ2) is 9.55. The van der Waals surface area contributed by atoms with Crippen molar-refractivity contribution in [1.82, 2.24) is 15.0 Å². The molecule has 0 aliphatic carbocycles. The Morgan fingerprint density at radius 2 is 1.80 bits per heavy atom. The Labute approximate surface area is 205 Å². The number of benzene rings is 3. The van der Waals surface area contributed by atoms with E-state index in [9.17, 15) is 14.9 Å². The van der Waals surface area contributed by atoms with Crippen LogP contribution in [0, 0.1) is 10.1 Å². The van der Waals surface area contributed by atoms with Crippen LogP contribution in [0.2, 0.25) is 5.02 Å². The lowest BCUT2D eigenvalue weighted by Crippen LogP contribution is -2.48. The van der Waals surface area contributed by atoms with Gasteiger partial charge in [-0.1, -0.05) is 53.2 Å². The number of fused-ring (bicyclic) bond motifs is 1. The molecule has 35 heavy (non-hydrogen) atoms. The molecule has 0 saturated carbocycles. The quantitative estimate of drug-likeness (QED) is 0.225. The van der Waals surface area contributed by atoms with Crippen molar-refractivity contribution in [3.63, 3.8) is 0 Å². The molecule has 2 heterocycles. The summed E-state index contributed by atoms with van der Waals surface area (Å²) in [5.74, 6) is 0.371. The molecule has 176 valence electrons. The lowest BCUT2D eigenvalue weighted by molar-refractivity contribution is -0.384. The van der Waals surface area contributed by atoms with Crippen LogP contribution >= 0.6 is 11.6 Å². The average molecular weight is 490 g/mol. The van der Waals surface area contributed by atoms with Crippen molar-refractivity contribution >= 4 is 46.1 Å². The summed E-state index contributed by atoms with van der Waals surface area (Å²) in [4.78, 5) is 31.2. The molecule has 1 saturated heterocycles. The molecule has 0 spiro atoms. The lowest BCUT2D eigenvalue weighted by Gasteiger charge is -2.32. The molecule has 5 rings (SSSR count). The third-order valence-electron chi connectivity index (χ3n) is 5.87. The van der Waals surface area contributed by atoms with Crippen molar-refractivity contribution in [3.05, 3.63) is 87.4 Å². The van der Waals surface area contributed by atoms with E-state index in [1.165, 1.54) is 18.2 Å². The molecule has 4 aromatic rings. The summed E-state index contributed by atoms with van der Waals surface area (Å²) < 4.78 is 5.50. The molecule has 10 heteroatoms. The van der Waals surface area contributed by atoms with Crippen molar-refractivity contribution in [1.29, 1.82) is 0 Å². The Morgan fingerprint density at radius 3 is 2.54 bits per heavy atom. The van der Waals surface area contributed by atoms with E-state index < -0.39 is 4.92 Å². The molecule has 3 aromatic carbocycles. The van der Waals surface area contributed by atoms with E-state index in [-0.39, 0.29) is 16.6 Å². The molecule has 0 N–H and O–H groups in total. The zero-order valence-electron chi connectivity index (χ0n) is 18.5. The van der Waals surface area contributed by atoms with Gasteiger partial charge in [0.25, 0.3) is 5.69 Å². The van der Waals surface area contributed by atoms with Gasteiger partial charge in [0, 0.05) is 43.9 Å². The number of nitrogens with zero attached hydrogens (tertiary/aromatic N) is 5. The van der Waals surface area contributed by atoms with E-state index in [1.807, 2.05) is 41.3 Å². The molecule has 1 aliphatic heterocycles. The Balaban J connectivity index is 1.20. The van der Waals surface area contributed by atoms with Crippen LogP contribution in [0.1, 0.15) is 5.56 Å². The highest BCUT2D eigenvalue weighted by molar-refractivity contribution is 6.32. The maximum absolute atomic E-state index is 12.6. The summed E-state index contributed by atoms with van der Waals surface area (Å²) in [6.45, 7) is 2.11. The third-order valence-corrected chi connectivity index (χ3v) is 6.17. The molecule has 9 nitrogen and oxygen atoms in total. The van der Waals surface area contributed by atoms with Crippen LogP contribution in [0.15, 0.2) is 71.3 Å². The first-order valence-corrected chi connectivity index (χ1v) is 11.3. The fourth-order valence-corrected chi connectivity index (χ4v) is 4.21. The highest BCUT2D eigenvalue weighted by Gasteiger charge is 2.24. The second-order valence-corrected chi connectivity index (χ2v) is 8.48. The Hall–Kier alpha value is -4.24. The number of carbonyl (C=O) groups is 1. The minimum atomic E-state index is -0.547. The summed E-state index contributed by atoms with van der Waals surface area (Å²) in [5, 5.41) is 17.3. The smallest absolute Gasteiger partial charge is 0.324 e. The topological polar surface area (TPSA) is 106 Å². The van der Waals surface area contributed by atoms with Gasteiger partial charge >= 0.3 is 6.01 Å². The van der Waals surface area contributed by atoms with Gasteiger partial charge in [-0.15, -0.1) is 0 Å². The Morgan fingerprint density at radius 1 is 1.03 bits per heavy atom. The monoisotopic (exact) mass is 489 g/mol. The van der Waals surface area contributed by atoms with Gasteiger partial charge in [-0.25, -0.2) is 0 Å². The van der Waals surface area contributed by atoms with Gasteiger partial charge in [-0.3, -0.25) is 14.9 Å². The van der Waals surface area contributed by atoms with Crippen molar-refractivity contribution in [2.45, 2.75) is 0 Å². The number of rotatable bonds is 5. The molecular formula is C25H20ClN5O4. The van der Waals surface area contributed by atoms with Crippen molar-refractivity contribution in [2.75, 3.05) is 31.1 Å². The zero-order chi connectivity index (χ0) is 24.4. The van der Waals surface area contributed by atoms with Crippen LogP contribution in [0.5, 0.6) is 0 Å². The Bertz CT molecular complexity index is 1440. The van der Waals surface area contributed by atoms with Gasteiger partial charge in [-0.05, 0) is 40.6 Å². The van der Waals surface area contributed by atoms with Gasteiger partial charge in [0.2, 0.25) is 11.7 Å². The fourth-order valence-electron chi connectivity index (χ4n) is 3.96. The van der Waals surface area contributed by atoms with Crippen molar-refractivity contribution < 1.29 is 14.2 Å². The van der Waals surface area contributed by atoms with Crippen LogP contribution in [-0.4, -0.2) is 52.1 Å². The number of aromatic nitrogens is 2. The van der Waals surface area contributed by atoms with E-state index in [4.69, 9.17) is 16.1 Å². The molecule has 0 radical (unpaired) electrons. The molecule has 1 aromatic heterocycles. The first kappa shape index (κ1) is 22.5. The van der Waals surface area contributed by atoms with Gasteiger partial charge < -0.3 is 14.3 Å². The van der Waals surface area contributed by atoms with E-state index in [0.29, 0.717) is 43.6 Å². The van der Waals surface area contributed by atoms with Gasteiger partial charge in [0.05, 0.1) is 4.92 Å². The Kier molecular flexibility index (Phi) is 6.15. The minimum Gasteiger partial charge on any atom is -0.336 e. The number of nitro groups is 1. The summed E-state index contributed by atoms with van der Waals surface area (Å²) in [7, 11) is 0. The molecular weight excluding hydrogens is 470 g/mol. The molecule has 1 aliphatic rings. The number of nitro benzene ring substituents is 1. The second-order valence-electron chi connectivity index (χ2n) is 8.08. The summed E-state index contributed by atoms with van der Waals surface area (Å²) in [6.07, 6.45) is 3.04. The maximum atomic E-state index is 12.6. The standard InChI is InChI=1S/C25H20ClN5O4/c26-21-15-17(5-9-22(21)31(33)34)6-10-23(32)29-11-13-30(14-12-29)25-27-24(28-35-25)20-8-7-18-3-1-2-4-19(18)16-20/h1-10,15-16H,11-14H2/b10-6+. The van der Waals surface area contributed by atoms with E-state index >= 15 is 0 Å². The van der Waals surface area contributed by atoms with Crippen LogP contribution in [0.4, 0.5) is 11.7 Å². The summed E-state index contributed by atoms with van der Waals surface area (Å²) >= 11 is 5.93. The number of hydrogen-bond donors (Lipinski definition) is 0. The normalized spacial score (nSPS) is 14.1. The van der Waals surface area contributed by atoms with E-state index in [1.54, 1.807) is 17.0 Å². The molecule has 0 atom stereocenters. The minimum absolute atomic E-state index is 0.0285. The van der Waals surface area contributed by atoms with Gasteiger partial charge in [-0.2, -0.15) is 4.98 Å². The molecule has 1 fully saturated rings. The van der Waals surface area contributed by atoms with Crippen LogP contribution in [-0.2, 0) is 4.79 Å². The number of halogens is 1. The summed E-state index contributed by atoms with van der Waals surface area (Å²) in [5.41, 5.74) is 1.32. The number of anilines is 1. The van der Waals surface area contributed by atoms with Crippen LogP contribution in [0.25, 0.3) is 28.2 Å². The zero-order valence-corrected chi connectivity index (χ0v) is 19.3. The maximum Gasteiger partial charge on any atom is 0.324 e. The van der Waals surface area contributed by atoms with Gasteiger partial charge in [0.1, 0.15) is 5.02 Å². The average Bonchev–Trinajstić information content (AvgIpc) is 3.37. The van der Waals surface area contributed by atoms with Gasteiger partial charge in [0.15, 0.2) is 0 Å². The van der Waals surface area contributed by atoms with E-state index in [0.717, 1.165) is 16.3 Å². The predicted molar refractivity (Wildman–Crippen MR) is 133 cm³/mol. The van der Waals surface area contributed by atoms with Crippen molar-refractivity contribution in [3.8, 4) is 11.4 Å². The molecule has 1 amide bonds. The third kappa shape index (κ3) is 4.85. The SMILES string of the molecule is O=C(/C=C/c1ccc([N+](=O)[O-])c(Cl)c1)N1CCN(c2nc(-c3ccc4ccccc4c3)no2)CC1. The highest BCUT2D eigenvalue weighted by Crippen LogP contribution is 2.26. The number of hydrogen-bond acceptors (Lipinski definition) is 7.